The van der Waals surface area contributed by atoms with Gasteiger partial charge >= 0.3 is 0 Å². The van der Waals surface area contributed by atoms with E-state index in [0.717, 1.165) is 19.3 Å². The lowest BCUT2D eigenvalue weighted by molar-refractivity contribution is 0.281. The standard InChI is InChI=1S/C16H25NO3S/c1-2-16(14-8-4-3-5-9-14)17-21(19,20)15-10-6-7-13(11-15)12-18/h6-7,10-11,14,16-18H,2-5,8-9,12H2,1H3. The third-order valence-electron chi connectivity index (χ3n) is 4.36. The van der Waals surface area contributed by atoms with Crippen LogP contribution in [0, 0.1) is 5.92 Å². The highest BCUT2D eigenvalue weighted by Gasteiger charge is 2.27. The largest absolute Gasteiger partial charge is 0.392 e. The van der Waals surface area contributed by atoms with Crippen molar-refractivity contribution in [3.05, 3.63) is 29.8 Å². The molecular formula is C16H25NO3S. The van der Waals surface area contributed by atoms with Crippen LogP contribution in [0.2, 0.25) is 0 Å². The Morgan fingerprint density at radius 3 is 2.62 bits per heavy atom. The molecule has 2 N–H and O–H groups in total. The summed E-state index contributed by atoms with van der Waals surface area (Å²) in [6.07, 6.45) is 6.68. The average molecular weight is 311 g/mol. The molecular weight excluding hydrogens is 286 g/mol. The molecule has 1 aliphatic rings. The van der Waals surface area contributed by atoms with E-state index >= 15 is 0 Å². The summed E-state index contributed by atoms with van der Waals surface area (Å²) in [4.78, 5) is 0.239. The molecule has 1 unspecified atom stereocenters. The fraction of sp³-hybridized carbons (Fsp3) is 0.625. The third-order valence-corrected chi connectivity index (χ3v) is 5.84. The second-order valence-electron chi connectivity index (χ2n) is 5.84. The molecule has 1 aliphatic carbocycles. The number of hydrogen-bond donors (Lipinski definition) is 2. The highest BCUT2D eigenvalue weighted by Crippen LogP contribution is 2.28. The topological polar surface area (TPSA) is 66.4 Å². The van der Waals surface area contributed by atoms with Gasteiger partial charge in [-0.2, -0.15) is 0 Å². The monoisotopic (exact) mass is 311 g/mol. The molecule has 118 valence electrons. The zero-order valence-electron chi connectivity index (χ0n) is 12.6. The quantitative estimate of drug-likeness (QED) is 0.849. The highest BCUT2D eigenvalue weighted by atomic mass is 32.2. The molecule has 21 heavy (non-hydrogen) atoms. The van der Waals surface area contributed by atoms with E-state index in [1.807, 2.05) is 6.92 Å². The van der Waals surface area contributed by atoms with Crippen molar-refractivity contribution in [2.24, 2.45) is 5.92 Å². The van der Waals surface area contributed by atoms with Gasteiger partial charge in [0.2, 0.25) is 10.0 Å². The first-order chi connectivity index (χ1) is 10.1. The van der Waals surface area contributed by atoms with E-state index in [0.29, 0.717) is 11.5 Å². The Kier molecular flexibility index (Phi) is 5.79. The average Bonchev–Trinajstić information content (AvgIpc) is 2.53. The van der Waals surface area contributed by atoms with Gasteiger partial charge in [-0.3, -0.25) is 0 Å². The van der Waals surface area contributed by atoms with Crippen LogP contribution in [-0.2, 0) is 16.6 Å². The molecule has 1 aromatic carbocycles. The summed E-state index contributed by atoms with van der Waals surface area (Å²) in [5.41, 5.74) is 0.614. The first kappa shape index (κ1) is 16.5. The molecule has 1 aromatic rings. The molecule has 1 fully saturated rings. The number of hydrogen-bond acceptors (Lipinski definition) is 3. The smallest absolute Gasteiger partial charge is 0.240 e. The molecule has 1 atom stereocenters. The van der Waals surface area contributed by atoms with E-state index in [1.165, 1.54) is 25.3 Å². The Morgan fingerprint density at radius 1 is 1.29 bits per heavy atom. The maximum absolute atomic E-state index is 12.5. The van der Waals surface area contributed by atoms with Crippen molar-refractivity contribution in [2.75, 3.05) is 0 Å². The van der Waals surface area contributed by atoms with Crippen LogP contribution in [0.15, 0.2) is 29.2 Å². The van der Waals surface area contributed by atoms with Gasteiger partial charge < -0.3 is 5.11 Å². The molecule has 0 heterocycles. The van der Waals surface area contributed by atoms with Crippen molar-refractivity contribution in [1.29, 1.82) is 0 Å². The van der Waals surface area contributed by atoms with Crippen LogP contribution in [0.25, 0.3) is 0 Å². The Labute approximate surface area is 127 Å². The summed E-state index contributed by atoms with van der Waals surface area (Å²) < 4.78 is 27.9. The zero-order valence-corrected chi connectivity index (χ0v) is 13.4. The summed E-state index contributed by atoms with van der Waals surface area (Å²) in [6.45, 7) is 1.88. The fourth-order valence-electron chi connectivity index (χ4n) is 3.13. The number of aliphatic hydroxyl groups is 1. The SMILES string of the molecule is CCC(NS(=O)(=O)c1cccc(CO)c1)C1CCCCC1. The second kappa shape index (κ2) is 7.38. The van der Waals surface area contributed by atoms with Crippen LogP contribution in [-0.4, -0.2) is 19.6 Å². The predicted octanol–water partition coefficient (Wildman–Crippen LogP) is 2.82. The normalized spacial score (nSPS) is 18.6. The predicted molar refractivity (Wildman–Crippen MR) is 83.3 cm³/mol. The molecule has 0 spiro atoms. The summed E-state index contributed by atoms with van der Waals surface area (Å²) in [5.74, 6) is 0.444. The van der Waals surface area contributed by atoms with Crippen LogP contribution >= 0.6 is 0 Å². The van der Waals surface area contributed by atoms with Gasteiger partial charge in [0.1, 0.15) is 0 Å². The van der Waals surface area contributed by atoms with Crippen LogP contribution in [0.5, 0.6) is 0 Å². The lowest BCUT2D eigenvalue weighted by Gasteiger charge is -2.30. The summed E-state index contributed by atoms with van der Waals surface area (Å²) in [5, 5.41) is 9.14. The minimum Gasteiger partial charge on any atom is -0.392 e. The lowest BCUT2D eigenvalue weighted by atomic mass is 9.83. The number of benzene rings is 1. The van der Waals surface area contributed by atoms with Crippen LogP contribution in [0.1, 0.15) is 51.0 Å². The summed E-state index contributed by atoms with van der Waals surface area (Å²) in [7, 11) is -3.51. The molecule has 1 saturated carbocycles. The molecule has 0 radical (unpaired) electrons. The van der Waals surface area contributed by atoms with Crippen LogP contribution in [0.4, 0.5) is 0 Å². The molecule has 0 bridgehead atoms. The molecule has 0 aliphatic heterocycles. The summed E-state index contributed by atoms with van der Waals surface area (Å²) in [6, 6.07) is 6.51. The van der Waals surface area contributed by atoms with Crippen molar-refractivity contribution in [1.82, 2.24) is 4.72 Å². The van der Waals surface area contributed by atoms with E-state index in [4.69, 9.17) is 5.11 Å². The second-order valence-corrected chi connectivity index (χ2v) is 7.55. The van der Waals surface area contributed by atoms with Crippen molar-refractivity contribution in [3.8, 4) is 0 Å². The zero-order chi connectivity index (χ0) is 15.3. The Hall–Kier alpha value is -0.910. The first-order valence-electron chi connectivity index (χ1n) is 7.79. The van der Waals surface area contributed by atoms with E-state index < -0.39 is 10.0 Å². The maximum atomic E-state index is 12.5. The van der Waals surface area contributed by atoms with E-state index in [2.05, 4.69) is 4.72 Å². The van der Waals surface area contributed by atoms with E-state index in [1.54, 1.807) is 18.2 Å². The molecule has 0 amide bonds. The van der Waals surface area contributed by atoms with E-state index in [9.17, 15) is 8.42 Å². The third kappa shape index (κ3) is 4.28. The Morgan fingerprint density at radius 2 is 2.00 bits per heavy atom. The van der Waals surface area contributed by atoms with Gasteiger partial charge in [-0.25, -0.2) is 13.1 Å². The van der Waals surface area contributed by atoms with Crippen molar-refractivity contribution in [2.45, 2.75) is 63.0 Å². The van der Waals surface area contributed by atoms with E-state index in [-0.39, 0.29) is 17.5 Å². The van der Waals surface area contributed by atoms with Gasteiger partial charge in [0.15, 0.2) is 0 Å². The van der Waals surface area contributed by atoms with Gasteiger partial charge in [-0.1, -0.05) is 38.3 Å². The molecule has 5 heteroatoms. The number of nitrogens with one attached hydrogen (secondary N) is 1. The van der Waals surface area contributed by atoms with Gasteiger partial charge in [0.25, 0.3) is 0 Å². The van der Waals surface area contributed by atoms with Crippen LogP contribution < -0.4 is 4.72 Å². The lowest BCUT2D eigenvalue weighted by Crippen LogP contribution is -2.40. The van der Waals surface area contributed by atoms with Crippen LogP contribution in [0.3, 0.4) is 0 Å². The Bertz CT molecular complexity index is 550. The van der Waals surface area contributed by atoms with Gasteiger partial charge in [0.05, 0.1) is 11.5 Å². The summed E-state index contributed by atoms with van der Waals surface area (Å²) >= 11 is 0. The van der Waals surface area contributed by atoms with Gasteiger partial charge in [0, 0.05) is 6.04 Å². The fourth-order valence-corrected chi connectivity index (χ4v) is 4.59. The first-order valence-corrected chi connectivity index (χ1v) is 9.27. The number of sulfonamides is 1. The molecule has 0 aromatic heterocycles. The van der Waals surface area contributed by atoms with Gasteiger partial charge in [-0.15, -0.1) is 0 Å². The van der Waals surface area contributed by atoms with Crippen molar-refractivity contribution in [3.63, 3.8) is 0 Å². The van der Waals surface area contributed by atoms with Gasteiger partial charge in [-0.05, 0) is 42.9 Å². The Balaban J connectivity index is 2.14. The minimum atomic E-state index is -3.51. The molecule has 0 saturated heterocycles. The molecule has 2 rings (SSSR count). The molecule has 4 nitrogen and oxygen atoms in total. The minimum absolute atomic E-state index is 0.00748. The van der Waals surface area contributed by atoms with Crippen molar-refractivity contribution >= 4 is 10.0 Å². The maximum Gasteiger partial charge on any atom is 0.240 e. The van der Waals surface area contributed by atoms with Crippen molar-refractivity contribution < 1.29 is 13.5 Å². The number of aliphatic hydroxyl groups excluding tert-OH is 1. The highest BCUT2D eigenvalue weighted by molar-refractivity contribution is 7.89. The number of rotatable bonds is 6.